The van der Waals surface area contributed by atoms with Crippen molar-refractivity contribution in [2.45, 2.75) is 97.9 Å². The molecule has 1 aromatic rings. The van der Waals surface area contributed by atoms with Gasteiger partial charge in [-0.15, -0.1) is 6.58 Å². The topological polar surface area (TPSA) is 116 Å². The first kappa shape index (κ1) is 35.4. The molecule has 0 bridgehead atoms. The van der Waals surface area contributed by atoms with Gasteiger partial charge in [-0.05, 0) is 45.1 Å². The number of carboxylic acids is 1. The number of amides is 3. The summed E-state index contributed by atoms with van der Waals surface area (Å²) in [5, 5.41) is 12.3. The molecule has 0 saturated heterocycles. The third-order valence-corrected chi connectivity index (χ3v) is 6.95. The van der Waals surface area contributed by atoms with Crippen molar-refractivity contribution in [3.8, 4) is 0 Å². The number of nitrogens with zero attached hydrogens (tertiary/aromatic N) is 2. The largest absolute Gasteiger partial charge is 0.478 e. The van der Waals surface area contributed by atoms with E-state index in [1.165, 1.54) is 29.8 Å². The SMILES string of the molecule is C=CCC(/C=C(\C)C(=O)O)N(C)C(=O)[C@@H](NC(=O)[C@@H](N(C)C(=O)OC(C)(C)C)C(C)(C)c1ccccc1)C(C)(C)C. The van der Waals surface area contributed by atoms with Crippen LogP contribution in [0, 0.1) is 5.41 Å². The number of aliphatic carboxylic acids is 1. The third-order valence-electron chi connectivity index (χ3n) is 6.95. The predicted octanol–water partition coefficient (Wildman–Crippen LogP) is 5.16. The normalized spacial score (nSPS) is 14.8. The Morgan fingerprint density at radius 2 is 1.51 bits per heavy atom. The lowest BCUT2D eigenvalue weighted by Crippen LogP contribution is -2.63. The second-order valence-corrected chi connectivity index (χ2v) is 13.1. The first-order valence-corrected chi connectivity index (χ1v) is 13.8. The van der Waals surface area contributed by atoms with Gasteiger partial charge in [0.1, 0.15) is 17.7 Å². The van der Waals surface area contributed by atoms with Crippen LogP contribution in [0.25, 0.3) is 0 Å². The average Bonchev–Trinajstić information content (AvgIpc) is 2.84. The molecule has 228 valence electrons. The van der Waals surface area contributed by atoms with Crippen molar-refractivity contribution in [3.63, 3.8) is 0 Å². The lowest BCUT2D eigenvalue weighted by atomic mass is 9.76. The molecule has 0 aliphatic rings. The van der Waals surface area contributed by atoms with Gasteiger partial charge in [-0.3, -0.25) is 14.5 Å². The molecule has 0 spiro atoms. The fourth-order valence-corrected chi connectivity index (χ4v) is 4.56. The van der Waals surface area contributed by atoms with E-state index >= 15 is 0 Å². The maximum atomic E-state index is 14.2. The molecular formula is C32H49N3O6. The highest BCUT2D eigenvalue weighted by atomic mass is 16.6. The van der Waals surface area contributed by atoms with E-state index in [0.717, 1.165) is 5.56 Å². The number of hydrogen-bond acceptors (Lipinski definition) is 5. The summed E-state index contributed by atoms with van der Waals surface area (Å²) >= 11 is 0. The molecule has 0 fully saturated rings. The van der Waals surface area contributed by atoms with Gasteiger partial charge in [0.25, 0.3) is 0 Å². The third kappa shape index (κ3) is 9.76. The molecule has 0 aliphatic carbocycles. The molecule has 0 saturated carbocycles. The van der Waals surface area contributed by atoms with Gasteiger partial charge in [0.15, 0.2) is 0 Å². The number of nitrogens with one attached hydrogen (secondary N) is 1. The summed E-state index contributed by atoms with van der Waals surface area (Å²) in [5.74, 6) is -2.01. The van der Waals surface area contributed by atoms with E-state index in [-0.39, 0.29) is 5.57 Å². The quantitative estimate of drug-likeness (QED) is 0.280. The lowest BCUT2D eigenvalue weighted by molar-refractivity contribution is -0.141. The molecule has 0 radical (unpaired) electrons. The van der Waals surface area contributed by atoms with Crippen molar-refractivity contribution in [1.29, 1.82) is 0 Å². The molecule has 1 unspecified atom stereocenters. The average molecular weight is 572 g/mol. The van der Waals surface area contributed by atoms with Crippen LogP contribution in [0.3, 0.4) is 0 Å². The maximum Gasteiger partial charge on any atom is 0.410 e. The first-order valence-electron chi connectivity index (χ1n) is 13.8. The summed E-state index contributed by atoms with van der Waals surface area (Å²) in [6, 6.07) is 6.76. The van der Waals surface area contributed by atoms with Gasteiger partial charge in [0.2, 0.25) is 11.8 Å². The van der Waals surface area contributed by atoms with Crippen LogP contribution < -0.4 is 5.32 Å². The highest BCUT2D eigenvalue weighted by Crippen LogP contribution is 2.32. The number of likely N-dealkylation sites (N-methyl/N-ethyl adjacent to an activating group) is 2. The van der Waals surface area contributed by atoms with Crippen molar-refractivity contribution >= 4 is 23.9 Å². The molecule has 0 aliphatic heterocycles. The number of carbonyl (C=O) groups excluding carboxylic acids is 3. The highest BCUT2D eigenvalue weighted by Gasteiger charge is 2.45. The molecule has 9 nitrogen and oxygen atoms in total. The summed E-state index contributed by atoms with van der Waals surface area (Å²) < 4.78 is 5.60. The number of carbonyl (C=O) groups is 4. The maximum absolute atomic E-state index is 14.2. The minimum Gasteiger partial charge on any atom is -0.478 e. The summed E-state index contributed by atoms with van der Waals surface area (Å²) in [4.78, 5) is 55.5. The lowest BCUT2D eigenvalue weighted by Gasteiger charge is -2.42. The first-order chi connectivity index (χ1) is 18.6. The van der Waals surface area contributed by atoms with E-state index in [4.69, 9.17) is 4.74 Å². The zero-order valence-corrected chi connectivity index (χ0v) is 26.6. The van der Waals surface area contributed by atoms with E-state index in [0.29, 0.717) is 6.42 Å². The van der Waals surface area contributed by atoms with E-state index in [2.05, 4.69) is 11.9 Å². The van der Waals surface area contributed by atoms with E-state index in [1.54, 1.807) is 33.9 Å². The highest BCUT2D eigenvalue weighted by molar-refractivity contribution is 5.93. The van der Waals surface area contributed by atoms with Crippen LogP contribution in [0.15, 0.2) is 54.6 Å². The van der Waals surface area contributed by atoms with Gasteiger partial charge in [-0.2, -0.15) is 0 Å². The standard InChI is InChI=1S/C32H49N3O6/c1-13-17-23(20-21(2)28(38)39)34(11)27(37)24(30(3,4)5)33-26(36)25(35(12)29(40)41-31(6,7)8)32(9,10)22-18-15-14-16-19-22/h13-16,18-20,23-25H,1,17H2,2-12H3,(H,33,36)(H,38,39)/b21-20+/t23?,24-,25-/m1/s1. The van der Waals surface area contributed by atoms with E-state index in [9.17, 15) is 24.3 Å². The van der Waals surface area contributed by atoms with Gasteiger partial charge < -0.3 is 20.1 Å². The summed E-state index contributed by atoms with van der Waals surface area (Å²) in [6.45, 7) is 19.7. The van der Waals surface area contributed by atoms with Gasteiger partial charge in [-0.25, -0.2) is 9.59 Å². The Balaban J connectivity index is 3.58. The van der Waals surface area contributed by atoms with Crippen molar-refractivity contribution in [1.82, 2.24) is 15.1 Å². The molecule has 9 heteroatoms. The molecule has 0 aromatic heterocycles. The Morgan fingerprint density at radius 3 is 1.95 bits per heavy atom. The molecule has 2 N–H and O–H groups in total. The second kappa shape index (κ2) is 13.8. The van der Waals surface area contributed by atoms with E-state index < -0.39 is 58.4 Å². The fourth-order valence-electron chi connectivity index (χ4n) is 4.56. The van der Waals surface area contributed by atoms with Gasteiger partial charge in [0.05, 0.1) is 6.04 Å². The van der Waals surface area contributed by atoms with Crippen LogP contribution in [-0.2, 0) is 24.5 Å². The van der Waals surface area contributed by atoms with Gasteiger partial charge in [-0.1, -0.05) is 77.1 Å². The van der Waals surface area contributed by atoms with Crippen LogP contribution in [0.4, 0.5) is 4.79 Å². The van der Waals surface area contributed by atoms with Crippen molar-refractivity contribution in [2.75, 3.05) is 14.1 Å². The van der Waals surface area contributed by atoms with Crippen LogP contribution in [0.5, 0.6) is 0 Å². The Bertz CT molecular complexity index is 1130. The van der Waals surface area contributed by atoms with E-state index in [1.807, 2.05) is 65.0 Å². The number of ether oxygens (including phenoxy) is 1. The zero-order chi connectivity index (χ0) is 31.9. The monoisotopic (exact) mass is 571 g/mol. The van der Waals surface area contributed by atoms with Crippen molar-refractivity contribution < 1.29 is 29.0 Å². The fraction of sp³-hybridized carbons (Fsp3) is 0.562. The smallest absolute Gasteiger partial charge is 0.410 e. The number of carboxylic acid groups (broad SMARTS) is 1. The Morgan fingerprint density at radius 1 is 0.976 bits per heavy atom. The summed E-state index contributed by atoms with van der Waals surface area (Å²) in [5.41, 5.74) is -1.46. The summed E-state index contributed by atoms with van der Waals surface area (Å²) in [6.07, 6.45) is 2.76. The van der Waals surface area contributed by atoms with Crippen LogP contribution in [0.2, 0.25) is 0 Å². The molecule has 0 heterocycles. The summed E-state index contributed by atoms with van der Waals surface area (Å²) in [7, 11) is 3.09. The molecule has 1 rings (SSSR count). The van der Waals surface area contributed by atoms with Crippen LogP contribution in [0.1, 0.15) is 74.3 Å². The number of benzene rings is 1. The Hall–Kier alpha value is -3.62. The zero-order valence-electron chi connectivity index (χ0n) is 26.6. The second-order valence-electron chi connectivity index (χ2n) is 13.1. The van der Waals surface area contributed by atoms with Crippen LogP contribution in [-0.4, -0.2) is 76.6 Å². The number of rotatable bonds is 11. The Kier molecular flexibility index (Phi) is 11.9. The molecule has 41 heavy (non-hydrogen) atoms. The van der Waals surface area contributed by atoms with Gasteiger partial charge in [0, 0.05) is 25.1 Å². The molecular weight excluding hydrogens is 522 g/mol. The molecule has 3 amide bonds. The van der Waals surface area contributed by atoms with Gasteiger partial charge >= 0.3 is 12.1 Å². The minimum absolute atomic E-state index is 0.0940. The van der Waals surface area contributed by atoms with Crippen molar-refractivity contribution in [3.05, 3.63) is 60.2 Å². The Labute approximate surface area is 245 Å². The van der Waals surface area contributed by atoms with Crippen LogP contribution >= 0.6 is 0 Å². The predicted molar refractivity (Wildman–Crippen MR) is 161 cm³/mol. The number of hydrogen-bond donors (Lipinski definition) is 2. The molecule has 3 atom stereocenters. The minimum atomic E-state index is -1.09. The van der Waals surface area contributed by atoms with Crippen molar-refractivity contribution in [2.24, 2.45) is 5.41 Å². The molecule has 1 aromatic carbocycles.